The molecule has 0 radical (unpaired) electrons. The minimum absolute atomic E-state index is 0.0679. The molecule has 2 rings (SSSR count). The van der Waals surface area contributed by atoms with Crippen LogP contribution in [-0.4, -0.2) is 54.4 Å². The Morgan fingerprint density at radius 3 is 1.87 bits per heavy atom. The number of ether oxygens (including phenoxy) is 2. The Labute approximate surface area is 193 Å². The van der Waals surface area contributed by atoms with E-state index in [4.69, 9.17) is 9.47 Å². The summed E-state index contributed by atoms with van der Waals surface area (Å²) in [6.07, 6.45) is -1.33. The molecule has 0 aliphatic carbocycles. The van der Waals surface area contributed by atoms with E-state index in [1.54, 1.807) is 12.1 Å². The molecular formula is C20H24O6S4. The Morgan fingerprint density at radius 1 is 0.800 bits per heavy atom. The van der Waals surface area contributed by atoms with Gasteiger partial charge in [-0.3, -0.25) is 19.2 Å². The SMILES string of the molecule is CC(=O)SC[C@H]1O[C@H](Oc2ccccc2)[C@@H](SC(C)=O)[C@H](SC(C)=O)[C@@H]1SC(C)=O. The molecule has 0 saturated carbocycles. The first-order valence-electron chi connectivity index (χ1n) is 9.19. The lowest BCUT2D eigenvalue weighted by Gasteiger charge is -2.44. The third-order valence-electron chi connectivity index (χ3n) is 3.94. The van der Waals surface area contributed by atoms with Crippen molar-refractivity contribution in [3.63, 3.8) is 0 Å². The highest BCUT2D eigenvalue weighted by molar-refractivity contribution is 8.19. The van der Waals surface area contributed by atoms with Crippen LogP contribution in [0.15, 0.2) is 30.3 Å². The Bertz CT molecular complexity index is 772. The summed E-state index contributed by atoms with van der Waals surface area (Å²) in [6.45, 7) is 5.83. The molecule has 1 aliphatic rings. The number of carbonyl (C=O) groups is 4. The smallest absolute Gasteiger partial charge is 0.213 e. The first-order valence-corrected chi connectivity index (χ1v) is 12.8. The summed E-state index contributed by atoms with van der Waals surface area (Å²) < 4.78 is 12.3. The van der Waals surface area contributed by atoms with Gasteiger partial charge in [-0.25, -0.2) is 0 Å². The van der Waals surface area contributed by atoms with Gasteiger partial charge < -0.3 is 9.47 Å². The second-order valence-electron chi connectivity index (χ2n) is 6.50. The van der Waals surface area contributed by atoms with E-state index in [9.17, 15) is 19.2 Å². The van der Waals surface area contributed by atoms with Crippen LogP contribution in [0.1, 0.15) is 27.7 Å². The fourth-order valence-electron chi connectivity index (χ4n) is 2.92. The lowest BCUT2D eigenvalue weighted by molar-refractivity contribution is -0.132. The first kappa shape index (κ1) is 25.3. The van der Waals surface area contributed by atoms with Crippen LogP contribution in [-0.2, 0) is 23.9 Å². The molecule has 0 bridgehead atoms. The van der Waals surface area contributed by atoms with E-state index in [1.807, 2.05) is 18.2 Å². The van der Waals surface area contributed by atoms with Crippen molar-refractivity contribution in [3.05, 3.63) is 30.3 Å². The predicted molar refractivity (Wildman–Crippen MR) is 125 cm³/mol. The van der Waals surface area contributed by atoms with Crippen LogP contribution < -0.4 is 4.74 Å². The van der Waals surface area contributed by atoms with E-state index in [1.165, 1.54) is 27.7 Å². The van der Waals surface area contributed by atoms with Crippen molar-refractivity contribution in [2.24, 2.45) is 0 Å². The molecule has 1 aliphatic heterocycles. The Hall–Kier alpha value is -0.940. The Balaban J connectivity index is 2.42. The van der Waals surface area contributed by atoms with Gasteiger partial charge in [0.1, 0.15) is 5.75 Å². The van der Waals surface area contributed by atoms with Gasteiger partial charge in [0, 0.05) is 38.7 Å². The number of carbonyl (C=O) groups excluding carboxylic acids is 4. The number of rotatable bonds is 7. The quantitative estimate of drug-likeness (QED) is 0.561. The van der Waals surface area contributed by atoms with Crippen LogP contribution >= 0.6 is 47.0 Å². The molecule has 1 heterocycles. The van der Waals surface area contributed by atoms with Gasteiger partial charge in [-0.15, -0.1) is 0 Å². The fourth-order valence-corrected chi connectivity index (χ4v) is 7.36. The maximum Gasteiger partial charge on any atom is 0.213 e. The minimum Gasteiger partial charge on any atom is -0.464 e. The van der Waals surface area contributed by atoms with E-state index in [2.05, 4.69) is 0 Å². The molecule has 164 valence electrons. The highest BCUT2D eigenvalue weighted by Gasteiger charge is 2.49. The lowest BCUT2D eigenvalue weighted by Crippen LogP contribution is -2.57. The van der Waals surface area contributed by atoms with E-state index < -0.39 is 28.1 Å². The predicted octanol–water partition coefficient (Wildman–Crippen LogP) is 4.01. The molecule has 5 atom stereocenters. The Morgan fingerprint density at radius 2 is 1.33 bits per heavy atom. The molecule has 0 spiro atoms. The average molecular weight is 489 g/mol. The number of para-hydroxylation sites is 1. The molecule has 0 amide bonds. The van der Waals surface area contributed by atoms with Crippen LogP contribution in [0, 0.1) is 0 Å². The largest absolute Gasteiger partial charge is 0.464 e. The average Bonchev–Trinajstić information content (AvgIpc) is 2.64. The summed E-state index contributed by atoms with van der Waals surface area (Å²) in [4.78, 5) is 47.6. The van der Waals surface area contributed by atoms with Gasteiger partial charge in [0.15, 0.2) is 20.5 Å². The number of thioether (sulfide) groups is 4. The van der Waals surface area contributed by atoms with Crippen molar-refractivity contribution in [2.45, 2.75) is 55.8 Å². The van der Waals surface area contributed by atoms with Gasteiger partial charge in [0.25, 0.3) is 0 Å². The summed E-state index contributed by atoms with van der Waals surface area (Å²) >= 11 is 4.32. The zero-order valence-corrected chi connectivity index (χ0v) is 20.3. The molecule has 0 N–H and O–H groups in total. The van der Waals surface area contributed by atoms with Crippen LogP contribution in [0.2, 0.25) is 0 Å². The maximum atomic E-state index is 12.0. The Kier molecular flexibility index (Phi) is 10.3. The van der Waals surface area contributed by atoms with E-state index >= 15 is 0 Å². The van der Waals surface area contributed by atoms with Gasteiger partial charge in [-0.1, -0.05) is 65.2 Å². The van der Waals surface area contributed by atoms with E-state index in [0.717, 1.165) is 47.0 Å². The number of benzene rings is 1. The zero-order valence-electron chi connectivity index (χ0n) is 17.1. The van der Waals surface area contributed by atoms with Crippen molar-refractivity contribution in [1.82, 2.24) is 0 Å². The molecule has 0 unspecified atom stereocenters. The summed E-state index contributed by atoms with van der Waals surface area (Å²) in [5.74, 6) is 0.889. The second kappa shape index (κ2) is 12.2. The molecular weight excluding hydrogens is 464 g/mol. The molecule has 1 aromatic rings. The van der Waals surface area contributed by atoms with Gasteiger partial charge in [-0.2, -0.15) is 0 Å². The molecule has 1 saturated heterocycles. The molecule has 10 heteroatoms. The monoisotopic (exact) mass is 488 g/mol. The fraction of sp³-hybridized carbons (Fsp3) is 0.500. The summed E-state index contributed by atoms with van der Waals surface area (Å²) in [5.41, 5.74) is 0. The van der Waals surface area contributed by atoms with Crippen LogP contribution in [0.3, 0.4) is 0 Å². The normalized spacial score (nSPS) is 26.1. The first-order chi connectivity index (χ1) is 14.2. The van der Waals surface area contributed by atoms with Crippen molar-refractivity contribution in [1.29, 1.82) is 0 Å². The van der Waals surface area contributed by atoms with Gasteiger partial charge in [0.2, 0.25) is 6.29 Å². The number of hydrogen-bond acceptors (Lipinski definition) is 10. The minimum atomic E-state index is -0.820. The van der Waals surface area contributed by atoms with E-state index in [0.29, 0.717) is 11.5 Å². The highest BCUT2D eigenvalue weighted by atomic mass is 32.2. The zero-order chi connectivity index (χ0) is 22.3. The highest BCUT2D eigenvalue weighted by Crippen LogP contribution is 2.44. The van der Waals surface area contributed by atoms with Crippen LogP contribution in [0.25, 0.3) is 0 Å². The van der Waals surface area contributed by atoms with Gasteiger partial charge in [0.05, 0.1) is 16.6 Å². The van der Waals surface area contributed by atoms with Crippen molar-refractivity contribution in [3.8, 4) is 5.75 Å². The lowest BCUT2D eigenvalue weighted by atomic mass is 10.1. The standard InChI is InChI=1S/C20H24O6S4/c1-11(21)27-10-16-17(28-12(2)22)18(29-13(3)23)19(30-14(4)24)20(26-16)25-15-8-6-5-7-9-15/h5-9,16-20H,10H2,1-4H3/t16-,17-,18-,19+,20+/m1/s1. The molecule has 6 nitrogen and oxygen atoms in total. The second-order valence-corrected chi connectivity index (χ2v) is 11.8. The van der Waals surface area contributed by atoms with Crippen molar-refractivity contribution < 1.29 is 28.7 Å². The summed E-state index contributed by atoms with van der Waals surface area (Å²) in [7, 11) is 0. The van der Waals surface area contributed by atoms with Crippen molar-refractivity contribution in [2.75, 3.05) is 5.75 Å². The van der Waals surface area contributed by atoms with Crippen LogP contribution in [0.4, 0.5) is 0 Å². The molecule has 30 heavy (non-hydrogen) atoms. The maximum absolute atomic E-state index is 12.0. The topological polar surface area (TPSA) is 86.7 Å². The third kappa shape index (κ3) is 7.96. The van der Waals surface area contributed by atoms with Gasteiger partial charge in [-0.05, 0) is 12.1 Å². The summed E-state index contributed by atoms with van der Waals surface area (Å²) in [6, 6.07) is 9.06. The molecule has 0 aromatic heterocycles. The number of hydrogen-bond donors (Lipinski definition) is 0. The third-order valence-corrected chi connectivity index (χ3v) is 8.70. The van der Waals surface area contributed by atoms with Crippen LogP contribution in [0.5, 0.6) is 5.75 Å². The summed E-state index contributed by atoms with van der Waals surface area (Å²) in [5, 5.41) is -1.77. The van der Waals surface area contributed by atoms with E-state index in [-0.39, 0.29) is 20.5 Å². The van der Waals surface area contributed by atoms with Gasteiger partial charge >= 0.3 is 0 Å². The van der Waals surface area contributed by atoms with Crippen molar-refractivity contribution >= 4 is 67.5 Å². The molecule has 1 aromatic carbocycles. The molecule has 1 fully saturated rings.